The molecule has 294 valence electrons. The maximum absolute atomic E-state index is 10.2. The Balaban J connectivity index is 1.12. The molecular formula is C60H39N3. The molecule has 3 nitrogen and oxygen atoms in total. The van der Waals surface area contributed by atoms with E-state index in [1.165, 1.54) is 0 Å². The molecule has 0 spiro atoms. The van der Waals surface area contributed by atoms with Crippen LogP contribution in [0.1, 0.15) is 21.9 Å². The Morgan fingerprint density at radius 1 is 0.302 bits per heavy atom. The van der Waals surface area contributed by atoms with E-state index >= 15 is 0 Å². The van der Waals surface area contributed by atoms with Gasteiger partial charge in [0.15, 0.2) is 0 Å². The van der Waals surface area contributed by atoms with Gasteiger partial charge in [-0.05, 0) is 82.8 Å². The summed E-state index contributed by atoms with van der Waals surface area (Å²) in [5.74, 6) is 0. The lowest BCUT2D eigenvalue weighted by molar-refractivity contribution is 1.17. The molecule has 0 bridgehead atoms. The van der Waals surface area contributed by atoms with Crippen LogP contribution in [0.4, 0.5) is 0 Å². The predicted octanol–water partition coefficient (Wildman–Crippen LogP) is 16.0. The summed E-state index contributed by atoms with van der Waals surface area (Å²) in [6.07, 6.45) is 0. The Labute approximate surface area is 387 Å². The molecule has 3 heteroatoms. The van der Waals surface area contributed by atoms with Crippen LogP contribution in [0.2, 0.25) is 0 Å². The van der Waals surface area contributed by atoms with Crippen molar-refractivity contribution >= 4 is 65.4 Å². The van der Waals surface area contributed by atoms with Crippen molar-refractivity contribution in [2.75, 3.05) is 0 Å². The molecule has 0 saturated carbocycles. The zero-order chi connectivity index (χ0) is 55.4. The minimum Gasteiger partial charge on any atom is -0.309 e. The molecule has 13 aromatic rings. The molecule has 0 radical (unpaired) electrons. The van der Waals surface area contributed by atoms with Crippen LogP contribution in [-0.4, -0.2) is 13.7 Å². The summed E-state index contributed by atoms with van der Waals surface area (Å²) < 4.78 is 151. The van der Waals surface area contributed by atoms with Crippen LogP contribution in [0, 0.1) is 0 Å². The molecule has 0 aliphatic rings. The van der Waals surface area contributed by atoms with Crippen molar-refractivity contribution in [2.24, 2.45) is 0 Å². The van der Waals surface area contributed by atoms with E-state index in [1.807, 2.05) is 72.8 Å². The first-order valence-corrected chi connectivity index (χ1v) is 20.4. The summed E-state index contributed by atoms with van der Waals surface area (Å²) in [5, 5.41) is 3.40. The number of rotatable bonds is 6. The molecule has 0 aliphatic heterocycles. The topological polar surface area (TPSA) is 14.8 Å². The number of aromatic nitrogens is 3. The smallest absolute Gasteiger partial charge is 0.0645 e. The largest absolute Gasteiger partial charge is 0.309 e. The van der Waals surface area contributed by atoms with Crippen LogP contribution in [0.3, 0.4) is 0 Å². The Morgan fingerprint density at radius 2 is 0.889 bits per heavy atom. The van der Waals surface area contributed by atoms with E-state index < -0.39 is 113 Å². The summed E-state index contributed by atoms with van der Waals surface area (Å²) in [6, 6.07) is 34.6. The quantitative estimate of drug-likeness (QED) is 0.159. The van der Waals surface area contributed by atoms with Gasteiger partial charge < -0.3 is 13.7 Å². The summed E-state index contributed by atoms with van der Waals surface area (Å²) in [4.78, 5) is 0. The van der Waals surface area contributed by atoms with E-state index in [9.17, 15) is 12.3 Å². The molecule has 13 rings (SSSR count). The lowest BCUT2D eigenvalue weighted by atomic mass is 10.0. The molecule has 3 aromatic heterocycles. The Morgan fingerprint density at radius 3 is 1.68 bits per heavy atom. The van der Waals surface area contributed by atoms with Crippen molar-refractivity contribution in [2.45, 2.75) is 0 Å². The van der Waals surface area contributed by atoms with E-state index in [0.29, 0.717) is 11.3 Å². The second kappa shape index (κ2) is 14.1. The fraction of sp³-hybridized carbons (Fsp3) is 0. The van der Waals surface area contributed by atoms with Crippen molar-refractivity contribution in [1.82, 2.24) is 13.7 Å². The highest BCUT2D eigenvalue weighted by Crippen LogP contribution is 2.45. The van der Waals surface area contributed by atoms with Gasteiger partial charge in [0.1, 0.15) is 0 Å². The molecule has 0 N–H and O–H groups in total. The summed E-state index contributed by atoms with van der Waals surface area (Å²) in [7, 11) is 0. The molecule has 0 aliphatic carbocycles. The van der Waals surface area contributed by atoms with Gasteiger partial charge in [0, 0.05) is 49.1 Å². The van der Waals surface area contributed by atoms with Gasteiger partial charge in [0.2, 0.25) is 0 Å². The number of nitrogens with zero attached hydrogens (tertiary/aromatic N) is 3. The van der Waals surface area contributed by atoms with Crippen LogP contribution in [0.5, 0.6) is 0 Å². The molecule has 0 unspecified atom stereocenters. The Bertz CT molecular complexity index is 4810. The third-order valence-corrected chi connectivity index (χ3v) is 11.9. The highest BCUT2D eigenvalue weighted by atomic mass is 15.0. The number of hydrogen-bond donors (Lipinski definition) is 0. The second-order valence-corrected chi connectivity index (χ2v) is 15.2. The molecule has 3 heterocycles. The van der Waals surface area contributed by atoms with Gasteiger partial charge in [0.05, 0.1) is 66.4 Å². The molecular weight excluding hydrogens is 763 g/mol. The van der Waals surface area contributed by atoms with Gasteiger partial charge in [-0.15, -0.1) is 0 Å². The average molecular weight is 818 g/mol. The Hall–Kier alpha value is -8.40. The first-order valence-electron chi connectivity index (χ1n) is 28.4. The highest BCUT2D eigenvalue weighted by Gasteiger charge is 2.23. The first-order chi connectivity index (χ1) is 38.0. The zero-order valence-electron chi connectivity index (χ0n) is 49.1. The van der Waals surface area contributed by atoms with Gasteiger partial charge in [0.25, 0.3) is 0 Å². The van der Waals surface area contributed by atoms with E-state index in [4.69, 9.17) is 9.60 Å². The highest BCUT2D eigenvalue weighted by molar-refractivity contribution is 6.26. The van der Waals surface area contributed by atoms with Gasteiger partial charge in [-0.25, -0.2) is 0 Å². The van der Waals surface area contributed by atoms with Crippen molar-refractivity contribution in [3.05, 3.63) is 236 Å². The van der Waals surface area contributed by atoms with E-state index in [1.54, 1.807) is 12.1 Å². The van der Waals surface area contributed by atoms with E-state index in [0.717, 1.165) is 65.0 Å². The van der Waals surface area contributed by atoms with Crippen LogP contribution >= 0.6 is 0 Å². The van der Waals surface area contributed by atoms with E-state index in [-0.39, 0.29) is 27.4 Å². The molecule has 0 amide bonds. The fourth-order valence-electron chi connectivity index (χ4n) is 9.22. The minimum absolute atomic E-state index is 0.0615. The van der Waals surface area contributed by atoms with Crippen LogP contribution in [0.25, 0.3) is 116 Å². The number of benzene rings is 10. The molecule has 0 saturated heterocycles. The molecule has 63 heavy (non-hydrogen) atoms. The maximum atomic E-state index is 10.2. The third kappa shape index (κ3) is 5.40. The van der Waals surface area contributed by atoms with Crippen molar-refractivity contribution in [3.63, 3.8) is 0 Å². The zero-order valence-corrected chi connectivity index (χ0v) is 33.1. The molecule has 0 atom stereocenters. The van der Waals surface area contributed by atoms with Gasteiger partial charge in [-0.3, -0.25) is 0 Å². The third-order valence-electron chi connectivity index (χ3n) is 11.9. The standard InChI is InChI=1S/C60H39N3/c1-3-17-40(18-4-1)41-31-34-44(35-32-41)61-54-28-14-10-24-48(54)51-39-43(33-37-57(51)61)46-22-8-12-26-52(46)62-56-30-16-11-25-50(56)59-58(62)38-36-49-47-23-9-15-29-55(47)63(60(49)59)53-27-13-7-21-45(53)42-19-5-2-6-20-42/h1-39H/i1D,3D,4D,10D,14D,17D,18D,24D,28D,31D,32D,33D,34D,35D,37D,39D. The molecule has 10 aromatic carbocycles. The second-order valence-electron chi connectivity index (χ2n) is 15.2. The lowest BCUT2D eigenvalue weighted by Gasteiger charge is -2.16. The van der Waals surface area contributed by atoms with Crippen molar-refractivity contribution < 1.29 is 21.9 Å². The van der Waals surface area contributed by atoms with Crippen molar-refractivity contribution in [3.8, 4) is 50.4 Å². The summed E-state index contributed by atoms with van der Waals surface area (Å²) in [6.45, 7) is 0. The SMILES string of the molecule is [2H]c1c([2H])c([2H])c(-c2c([2H])c([2H])c(-n3c4c([2H])c([2H])c([2H])c([2H])c4c4c([2H])c(-c5ccccc5-n5c6ccccc6c6c5ccc5c7ccccc7n(-c7ccccc7-c7ccccc7)c56)c([2H])c([2H])c43)c([2H])c2[2H])c([2H])c1[2H]. The predicted molar refractivity (Wildman–Crippen MR) is 266 cm³/mol. The lowest BCUT2D eigenvalue weighted by Crippen LogP contribution is -1.98. The number of fused-ring (bicyclic) bond motifs is 10. The summed E-state index contributed by atoms with van der Waals surface area (Å²) in [5.41, 5.74) is 4.78. The van der Waals surface area contributed by atoms with Gasteiger partial charge in [-0.2, -0.15) is 0 Å². The van der Waals surface area contributed by atoms with E-state index in [2.05, 4.69) is 63.7 Å². The van der Waals surface area contributed by atoms with Gasteiger partial charge in [-0.1, -0.05) is 176 Å². The van der Waals surface area contributed by atoms with Crippen LogP contribution in [0.15, 0.2) is 236 Å². The monoisotopic (exact) mass is 817 g/mol. The number of hydrogen-bond acceptors (Lipinski definition) is 0. The minimum atomic E-state index is -0.844. The fourth-order valence-corrected chi connectivity index (χ4v) is 9.22. The number of para-hydroxylation sites is 5. The van der Waals surface area contributed by atoms with Gasteiger partial charge >= 0.3 is 0 Å². The maximum Gasteiger partial charge on any atom is 0.0645 e. The van der Waals surface area contributed by atoms with Crippen LogP contribution < -0.4 is 0 Å². The Kier molecular flexibility index (Phi) is 5.14. The van der Waals surface area contributed by atoms with Crippen LogP contribution in [-0.2, 0) is 0 Å². The normalized spacial score (nSPS) is 15.4. The van der Waals surface area contributed by atoms with Crippen molar-refractivity contribution in [1.29, 1.82) is 0 Å². The summed E-state index contributed by atoms with van der Waals surface area (Å²) >= 11 is 0. The first kappa shape index (κ1) is 23.0. The average Bonchev–Trinajstić information content (AvgIpc) is 3.24. The molecule has 0 fully saturated rings.